The molecule has 1 atom stereocenters. The Morgan fingerprint density at radius 3 is 2.40 bits per heavy atom. The second-order valence-electron chi connectivity index (χ2n) is 5.72. The van der Waals surface area contributed by atoms with Crippen LogP contribution in [-0.2, 0) is 19.4 Å². The second-order valence-corrected chi connectivity index (χ2v) is 7.98. The van der Waals surface area contributed by atoms with E-state index in [0.717, 1.165) is 11.6 Å². The maximum Gasteiger partial charge on any atom is 0.328 e. The second kappa shape index (κ2) is 7.52. The van der Waals surface area contributed by atoms with Crippen LogP contribution in [0.4, 0.5) is 5.69 Å². The van der Waals surface area contributed by atoms with E-state index in [4.69, 9.17) is 5.73 Å². The number of nitrogen functional groups attached to an aromatic ring is 1. The summed E-state index contributed by atoms with van der Waals surface area (Å²) in [7, 11) is -2.10. The number of sulfone groups is 1. The number of amides is 1. The van der Waals surface area contributed by atoms with E-state index >= 15 is 0 Å². The number of rotatable bonds is 6. The summed E-state index contributed by atoms with van der Waals surface area (Å²) in [5.74, 6) is -1.44. The standard InChI is InChI=1S/C17H20N2O5S/c1-24-17(21)15(9-10-25(2,22)23)19-16(20)13-7-8-14(18)12-6-4-3-5-11(12)13/h3-8,15H,9-10,18H2,1-2H3,(H,19,20)/t15-/m0/s1. The lowest BCUT2D eigenvalue weighted by atomic mass is 10.0. The number of hydrogen-bond acceptors (Lipinski definition) is 6. The highest BCUT2D eigenvalue weighted by atomic mass is 32.2. The zero-order valence-corrected chi connectivity index (χ0v) is 14.8. The Bertz CT molecular complexity index is 908. The van der Waals surface area contributed by atoms with Gasteiger partial charge in [0.05, 0.1) is 12.9 Å². The fourth-order valence-electron chi connectivity index (χ4n) is 2.48. The first-order valence-electron chi connectivity index (χ1n) is 7.56. The third kappa shape index (κ3) is 4.69. The first-order valence-corrected chi connectivity index (χ1v) is 9.62. The number of ether oxygens (including phenoxy) is 1. The quantitative estimate of drug-likeness (QED) is 0.586. The summed E-state index contributed by atoms with van der Waals surface area (Å²) in [5, 5.41) is 3.92. The van der Waals surface area contributed by atoms with Gasteiger partial charge in [-0.25, -0.2) is 13.2 Å². The molecule has 2 aromatic rings. The predicted molar refractivity (Wildman–Crippen MR) is 96.0 cm³/mol. The van der Waals surface area contributed by atoms with E-state index in [0.29, 0.717) is 16.6 Å². The van der Waals surface area contributed by atoms with Crippen LogP contribution in [-0.4, -0.2) is 45.5 Å². The summed E-state index contributed by atoms with van der Waals surface area (Å²) >= 11 is 0. The summed E-state index contributed by atoms with van der Waals surface area (Å²) in [6, 6.07) is 9.26. The van der Waals surface area contributed by atoms with Crippen LogP contribution >= 0.6 is 0 Å². The van der Waals surface area contributed by atoms with Gasteiger partial charge in [-0.15, -0.1) is 0 Å². The van der Waals surface area contributed by atoms with E-state index in [9.17, 15) is 18.0 Å². The third-order valence-electron chi connectivity index (χ3n) is 3.77. The van der Waals surface area contributed by atoms with Crippen LogP contribution in [0.25, 0.3) is 10.8 Å². The Labute approximate surface area is 146 Å². The fraction of sp³-hybridized carbons (Fsp3) is 0.294. The molecule has 0 fully saturated rings. The first kappa shape index (κ1) is 18.7. The van der Waals surface area contributed by atoms with Crippen molar-refractivity contribution in [2.75, 3.05) is 24.9 Å². The number of fused-ring (bicyclic) bond motifs is 1. The van der Waals surface area contributed by atoms with E-state index in [1.165, 1.54) is 7.11 Å². The molecule has 0 aliphatic heterocycles. The Balaban J connectivity index is 2.29. The van der Waals surface area contributed by atoms with E-state index in [2.05, 4.69) is 10.1 Å². The van der Waals surface area contributed by atoms with Gasteiger partial charge in [0.15, 0.2) is 0 Å². The number of benzene rings is 2. The summed E-state index contributed by atoms with van der Waals surface area (Å²) in [4.78, 5) is 24.5. The highest BCUT2D eigenvalue weighted by Crippen LogP contribution is 2.24. The number of esters is 1. The van der Waals surface area contributed by atoms with E-state index in [1.807, 2.05) is 6.07 Å². The molecule has 8 heteroatoms. The monoisotopic (exact) mass is 364 g/mol. The largest absolute Gasteiger partial charge is 0.467 e. The third-order valence-corrected chi connectivity index (χ3v) is 4.75. The Kier molecular flexibility index (Phi) is 5.63. The van der Waals surface area contributed by atoms with Crippen LogP contribution in [0, 0.1) is 0 Å². The molecular weight excluding hydrogens is 344 g/mol. The Hall–Kier alpha value is -2.61. The van der Waals surface area contributed by atoms with Gasteiger partial charge in [-0.2, -0.15) is 0 Å². The molecule has 0 bridgehead atoms. The molecule has 0 saturated carbocycles. The summed E-state index contributed by atoms with van der Waals surface area (Å²) in [6.07, 6.45) is 1.00. The number of anilines is 1. The first-order chi connectivity index (χ1) is 11.7. The van der Waals surface area contributed by atoms with E-state index in [1.54, 1.807) is 30.3 Å². The van der Waals surface area contributed by atoms with Gasteiger partial charge in [0, 0.05) is 22.9 Å². The maximum absolute atomic E-state index is 12.6. The van der Waals surface area contributed by atoms with Crippen molar-refractivity contribution in [3.8, 4) is 0 Å². The topological polar surface area (TPSA) is 116 Å². The SMILES string of the molecule is COC(=O)[C@H](CCS(C)(=O)=O)NC(=O)c1ccc(N)c2ccccc12. The lowest BCUT2D eigenvalue weighted by Crippen LogP contribution is -2.42. The Morgan fingerprint density at radius 2 is 1.80 bits per heavy atom. The minimum atomic E-state index is -3.28. The summed E-state index contributed by atoms with van der Waals surface area (Å²) in [5.41, 5.74) is 6.80. The lowest BCUT2D eigenvalue weighted by Gasteiger charge is -2.17. The molecule has 0 saturated heterocycles. The molecule has 3 N–H and O–H groups in total. The molecule has 134 valence electrons. The van der Waals surface area contributed by atoms with Crippen molar-refractivity contribution in [2.45, 2.75) is 12.5 Å². The molecular formula is C17H20N2O5S. The molecule has 0 aliphatic rings. The smallest absolute Gasteiger partial charge is 0.328 e. The van der Waals surface area contributed by atoms with Gasteiger partial charge in [-0.3, -0.25) is 4.79 Å². The normalized spacial score (nSPS) is 12.6. The van der Waals surface area contributed by atoms with Gasteiger partial charge >= 0.3 is 5.97 Å². The zero-order valence-electron chi connectivity index (χ0n) is 14.0. The lowest BCUT2D eigenvalue weighted by molar-refractivity contribution is -0.142. The number of nitrogens with two attached hydrogens (primary N) is 1. The number of nitrogens with one attached hydrogen (secondary N) is 1. The minimum absolute atomic E-state index is 0.0653. The summed E-state index contributed by atoms with van der Waals surface area (Å²) < 4.78 is 27.3. The number of carbonyl (C=O) groups excluding carboxylic acids is 2. The average molecular weight is 364 g/mol. The molecule has 0 spiro atoms. The molecule has 2 rings (SSSR count). The molecule has 1 amide bonds. The molecule has 0 aliphatic carbocycles. The van der Waals surface area contributed by atoms with Gasteiger partial charge in [0.25, 0.3) is 5.91 Å². The van der Waals surface area contributed by atoms with Crippen LogP contribution < -0.4 is 11.1 Å². The van der Waals surface area contributed by atoms with Gasteiger partial charge in [-0.1, -0.05) is 24.3 Å². The van der Waals surface area contributed by atoms with Crippen molar-refractivity contribution >= 4 is 38.2 Å². The highest BCUT2D eigenvalue weighted by molar-refractivity contribution is 7.90. The molecule has 0 unspecified atom stereocenters. The fourth-order valence-corrected chi connectivity index (χ4v) is 3.14. The van der Waals surface area contributed by atoms with Crippen LogP contribution in [0.15, 0.2) is 36.4 Å². The zero-order chi connectivity index (χ0) is 18.6. The molecule has 2 aromatic carbocycles. The van der Waals surface area contributed by atoms with Crippen molar-refractivity contribution in [1.82, 2.24) is 5.32 Å². The van der Waals surface area contributed by atoms with Gasteiger partial charge in [-0.05, 0) is 23.9 Å². The maximum atomic E-state index is 12.6. The van der Waals surface area contributed by atoms with E-state index in [-0.39, 0.29) is 12.2 Å². The average Bonchev–Trinajstić information content (AvgIpc) is 2.57. The van der Waals surface area contributed by atoms with Crippen molar-refractivity contribution in [1.29, 1.82) is 0 Å². The van der Waals surface area contributed by atoms with Crippen LogP contribution in [0.5, 0.6) is 0 Å². The molecule has 0 heterocycles. The predicted octanol–water partition coefficient (Wildman–Crippen LogP) is 1.13. The number of hydrogen-bond donors (Lipinski definition) is 2. The highest BCUT2D eigenvalue weighted by Gasteiger charge is 2.24. The van der Waals surface area contributed by atoms with E-state index < -0.39 is 27.8 Å². The number of carbonyl (C=O) groups is 2. The van der Waals surface area contributed by atoms with Crippen LogP contribution in [0.1, 0.15) is 16.8 Å². The van der Waals surface area contributed by atoms with Crippen molar-refractivity contribution in [3.05, 3.63) is 42.0 Å². The molecule has 7 nitrogen and oxygen atoms in total. The van der Waals surface area contributed by atoms with Crippen molar-refractivity contribution in [2.24, 2.45) is 0 Å². The van der Waals surface area contributed by atoms with Gasteiger partial charge in [0.1, 0.15) is 15.9 Å². The van der Waals surface area contributed by atoms with Crippen LogP contribution in [0.3, 0.4) is 0 Å². The number of methoxy groups -OCH3 is 1. The Morgan fingerprint density at radius 1 is 1.16 bits per heavy atom. The minimum Gasteiger partial charge on any atom is -0.467 e. The van der Waals surface area contributed by atoms with Gasteiger partial charge in [0.2, 0.25) is 0 Å². The molecule has 0 aromatic heterocycles. The van der Waals surface area contributed by atoms with Crippen molar-refractivity contribution in [3.63, 3.8) is 0 Å². The molecule has 0 radical (unpaired) electrons. The van der Waals surface area contributed by atoms with Crippen molar-refractivity contribution < 1.29 is 22.7 Å². The van der Waals surface area contributed by atoms with Gasteiger partial charge < -0.3 is 15.8 Å². The molecule has 25 heavy (non-hydrogen) atoms. The van der Waals surface area contributed by atoms with Crippen LogP contribution in [0.2, 0.25) is 0 Å². The summed E-state index contributed by atoms with van der Waals surface area (Å²) in [6.45, 7) is 0.